The summed E-state index contributed by atoms with van der Waals surface area (Å²) >= 11 is 0. The van der Waals surface area contributed by atoms with E-state index in [-0.39, 0.29) is 19.2 Å². The van der Waals surface area contributed by atoms with Crippen LogP contribution < -0.4 is 16.3 Å². The topological polar surface area (TPSA) is 97.7 Å². The van der Waals surface area contributed by atoms with Gasteiger partial charge in [0.2, 0.25) is 5.95 Å². The number of benzene rings is 1. The van der Waals surface area contributed by atoms with Crippen LogP contribution in [0.15, 0.2) is 39.0 Å². The van der Waals surface area contributed by atoms with Gasteiger partial charge in [-0.05, 0) is 19.4 Å². The minimum Gasteiger partial charge on any atom is -0.394 e. The number of nitrogens with zero attached hydrogens (tertiary/aromatic N) is 6. The molecule has 1 aromatic carbocycles. The molecule has 0 amide bonds. The normalized spacial score (nSPS) is 16.4. The molecule has 1 aliphatic rings. The number of β-amino-alcohol motifs (C(OH)–C–C–N with tert-alkyl or cyclic N) is 1. The van der Waals surface area contributed by atoms with Crippen LogP contribution in [0.25, 0.3) is 11.2 Å². The van der Waals surface area contributed by atoms with E-state index in [0.29, 0.717) is 17.1 Å². The van der Waals surface area contributed by atoms with Gasteiger partial charge in [0.15, 0.2) is 11.2 Å². The monoisotopic (exact) mass is 382 g/mol. The Morgan fingerprint density at radius 2 is 1.79 bits per heavy atom. The Morgan fingerprint density at radius 3 is 2.43 bits per heavy atom. The van der Waals surface area contributed by atoms with E-state index < -0.39 is 11.2 Å². The highest BCUT2D eigenvalue weighted by molar-refractivity contribution is 6.05. The molecule has 1 atom stereocenters. The Hall–Kier alpha value is -3.20. The molecule has 3 aromatic rings. The number of anilines is 1. The predicted octanol–water partition coefficient (Wildman–Crippen LogP) is 0.520. The average molecular weight is 382 g/mol. The molecule has 1 N–H and O–H groups in total. The van der Waals surface area contributed by atoms with E-state index in [1.165, 1.54) is 11.6 Å². The van der Waals surface area contributed by atoms with Crippen molar-refractivity contribution in [2.24, 2.45) is 19.2 Å². The van der Waals surface area contributed by atoms with Gasteiger partial charge in [-0.3, -0.25) is 18.5 Å². The van der Waals surface area contributed by atoms with Gasteiger partial charge in [0.25, 0.3) is 5.56 Å². The highest BCUT2D eigenvalue weighted by Crippen LogP contribution is 2.31. The molecule has 28 heavy (non-hydrogen) atoms. The molecule has 4 rings (SSSR count). The van der Waals surface area contributed by atoms with Gasteiger partial charge in [0.05, 0.1) is 24.9 Å². The summed E-state index contributed by atoms with van der Waals surface area (Å²) in [5.74, 6) is 0.436. The Balaban J connectivity index is 2.03. The smallest absolute Gasteiger partial charge is 0.332 e. The van der Waals surface area contributed by atoms with Crippen molar-refractivity contribution in [3.8, 4) is 0 Å². The lowest BCUT2D eigenvalue weighted by atomic mass is 10.0. The van der Waals surface area contributed by atoms with E-state index in [2.05, 4.69) is 4.98 Å². The minimum absolute atomic E-state index is 0.126. The second kappa shape index (κ2) is 6.45. The summed E-state index contributed by atoms with van der Waals surface area (Å²) in [7, 11) is 3.05. The van der Waals surface area contributed by atoms with Gasteiger partial charge in [0.1, 0.15) is 0 Å². The van der Waals surface area contributed by atoms with Crippen molar-refractivity contribution >= 4 is 22.8 Å². The number of aliphatic hydroxyl groups excluding tert-OH is 1. The second-order valence-electron chi connectivity index (χ2n) is 7.03. The zero-order valence-corrected chi connectivity index (χ0v) is 16.2. The molecule has 146 valence electrons. The number of aliphatic hydroxyl groups is 1. The van der Waals surface area contributed by atoms with Crippen LogP contribution in [0.4, 0.5) is 5.95 Å². The first kappa shape index (κ1) is 18.2. The first-order chi connectivity index (χ1) is 13.3. The number of rotatable bonds is 3. The number of aromatic nitrogens is 4. The minimum atomic E-state index is -0.436. The number of hydrogen-bond acceptors (Lipinski definition) is 6. The van der Waals surface area contributed by atoms with Gasteiger partial charge < -0.3 is 5.11 Å². The number of aryl methyl sites for hydroxylation is 2. The Labute approximate surface area is 160 Å². The van der Waals surface area contributed by atoms with E-state index in [0.717, 1.165) is 21.4 Å². The molecule has 9 nitrogen and oxygen atoms in total. The van der Waals surface area contributed by atoms with E-state index in [1.54, 1.807) is 16.6 Å². The van der Waals surface area contributed by atoms with Crippen LogP contribution >= 0.6 is 0 Å². The standard InChI is InChI=1S/C19H22N6O3/c1-11-5-7-13(8-6-11)14-12(2)25-15-16(20-18(25)24(21-14)9-10-26)22(3)19(28)23(4)17(15)27/h5-8,12,26H,9-10H2,1-4H3. The van der Waals surface area contributed by atoms with E-state index in [1.807, 2.05) is 38.1 Å². The molecule has 1 unspecified atom stereocenters. The Morgan fingerprint density at radius 1 is 1.11 bits per heavy atom. The summed E-state index contributed by atoms with van der Waals surface area (Å²) in [5.41, 5.74) is 2.63. The van der Waals surface area contributed by atoms with Crippen molar-refractivity contribution in [2.75, 3.05) is 18.2 Å². The third kappa shape index (κ3) is 2.50. The lowest BCUT2D eigenvalue weighted by Gasteiger charge is -2.30. The van der Waals surface area contributed by atoms with Crippen molar-refractivity contribution in [2.45, 2.75) is 19.9 Å². The molecule has 0 aliphatic carbocycles. The first-order valence-corrected chi connectivity index (χ1v) is 9.07. The third-order valence-corrected chi connectivity index (χ3v) is 5.17. The maximum absolute atomic E-state index is 12.9. The summed E-state index contributed by atoms with van der Waals surface area (Å²) in [6.45, 7) is 4.06. The van der Waals surface area contributed by atoms with E-state index in [9.17, 15) is 14.7 Å². The largest absolute Gasteiger partial charge is 0.394 e. The predicted molar refractivity (Wildman–Crippen MR) is 107 cm³/mol. The van der Waals surface area contributed by atoms with Gasteiger partial charge in [0, 0.05) is 14.1 Å². The molecule has 0 fully saturated rings. The van der Waals surface area contributed by atoms with Crippen molar-refractivity contribution in [1.29, 1.82) is 0 Å². The van der Waals surface area contributed by atoms with Crippen LogP contribution in [-0.2, 0) is 14.1 Å². The van der Waals surface area contributed by atoms with E-state index >= 15 is 0 Å². The van der Waals surface area contributed by atoms with Crippen LogP contribution in [-0.4, -0.2) is 42.7 Å². The van der Waals surface area contributed by atoms with Gasteiger partial charge in [-0.15, -0.1) is 0 Å². The fourth-order valence-corrected chi connectivity index (χ4v) is 3.60. The molecule has 0 spiro atoms. The quantitative estimate of drug-likeness (QED) is 0.712. The van der Waals surface area contributed by atoms with Crippen LogP contribution in [0.2, 0.25) is 0 Å². The lowest BCUT2D eigenvalue weighted by Crippen LogP contribution is -2.39. The number of fused-ring (bicyclic) bond motifs is 3. The summed E-state index contributed by atoms with van der Waals surface area (Å²) in [5, 5.41) is 15.8. The molecule has 3 heterocycles. The van der Waals surface area contributed by atoms with Crippen LogP contribution in [0, 0.1) is 6.92 Å². The molecule has 2 aromatic heterocycles. The average Bonchev–Trinajstić information content (AvgIpc) is 3.09. The lowest BCUT2D eigenvalue weighted by molar-refractivity contribution is 0.300. The number of imidazole rings is 1. The number of hydrazone groups is 1. The highest BCUT2D eigenvalue weighted by Gasteiger charge is 2.32. The SMILES string of the molecule is Cc1ccc(C2=NN(CCO)c3nc4c(c(=O)n(C)c(=O)n4C)n3C2C)cc1. The zero-order valence-electron chi connectivity index (χ0n) is 16.2. The maximum Gasteiger partial charge on any atom is 0.332 e. The van der Waals surface area contributed by atoms with Gasteiger partial charge in [-0.2, -0.15) is 10.1 Å². The van der Waals surface area contributed by atoms with Gasteiger partial charge in [-0.1, -0.05) is 29.8 Å². The zero-order chi connectivity index (χ0) is 20.2. The molecule has 0 saturated carbocycles. The van der Waals surface area contributed by atoms with E-state index in [4.69, 9.17) is 5.10 Å². The van der Waals surface area contributed by atoms with Crippen LogP contribution in [0.3, 0.4) is 0 Å². The van der Waals surface area contributed by atoms with Crippen molar-refractivity contribution < 1.29 is 5.11 Å². The third-order valence-electron chi connectivity index (χ3n) is 5.17. The fourth-order valence-electron chi connectivity index (χ4n) is 3.60. The van der Waals surface area contributed by atoms with Gasteiger partial charge >= 0.3 is 5.69 Å². The molecule has 0 bridgehead atoms. The molecular weight excluding hydrogens is 360 g/mol. The number of hydrogen-bond donors (Lipinski definition) is 1. The maximum atomic E-state index is 12.9. The summed E-state index contributed by atoms with van der Waals surface area (Å²) < 4.78 is 4.24. The fraction of sp³-hybridized carbons (Fsp3) is 0.368. The van der Waals surface area contributed by atoms with Crippen molar-refractivity contribution in [3.05, 3.63) is 56.2 Å². The van der Waals surface area contributed by atoms with Gasteiger partial charge in [-0.25, -0.2) is 9.80 Å². The van der Waals surface area contributed by atoms with Crippen LogP contribution in [0.1, 0.15) is 24.1 Å². The molecule has 1 aliphatic heterocycles. The Kier molecular flexibility index (Phi) is 4.19. The summed E-state index contributed by atoms with van der Waals surface area (Å²) in [6.07, 6.45) is 0. The van der Waals surface area contributed by atoms with Crippen molar-refractivity contribution in [1.82, 2.24) is 18.7 Å². The molecular formula is C19H22N6O3. The summed E-state index contributed by atoms with van der Waals surface area (Å²) in [6, 6.07) is 7.71. The summed E-state index contributed by atoms with van der Waals surface area (Å²) in [4.78, 5) is 29.8. The van der Waals surface area contributed by atoms with Crippen LogP contribution in [0.5, 0.6) is 0 Å². The molecule has 9 heteroatoms. The second-order valence-corrected chi connectivity index (χ2v) is 7.03. The van der Waals surface area contributed by atoms with Crippen molar-refractivity contribution in [3.63, 3.8) is 0 Å². The molecule has 0 radical (unpaired) electrons. The highest BCUT2D eigenvalue weighted by atomic mass is 16.3. The Bertz CT molecular complexity index is 1220. The first-order valence-electron chi connectivity index (χ1n) is 9.07. The molecule has 0 saturated heterocycles.